The van der Waals surface area contributed by atoms with Gasteiger partial charge in [-0.15, -0.1) is 0 Å². The van der Waals surface area contributed by atoms with Gasteiger partial charge in [0.1, 0.15) is 0 Å². The quantitative estimate of drug-likeness (QED) is 0.612. The molecule has 0 unspecified atom stereocenters. The lowest BCUT2D eigenvalue weighted by molar-refractivity contribution is 0.560. The van der Waals surface area contributed by atoms with Crippen LogP contribution in [0.25, 0.3) is 0 Å². The van der Waals surface area contributed by atoms with Crippen LogP contribution in [0.15, 0.2) is 16.9 Å². The molecule has 0 radical (unpaired) electrons. The Labute approximate surface area is 62.1 Å². The Morgan fingerprint density at radius 3 is 2.50 bits per heavy atom. The molecule has 0 aliphatic heterocycles. The van der Waals surface area contributed by atoms with E-state index in [1.165, 1.54) is 11.1 Å². The van der Waals surface area contributed by atoms with Crippen molar-refractivity contribution in [2.24, 2.45) is 0 Å². The van der Waals surface area contributed by atoms with E-state index in [0.717, 1.165) is 6.42 Å². The van der Waals surface area contributed by atoms with E-state index >= 15 is 0 Å². The minimum atomic E-state index is 0.591. The van der Waals surface area contributed by atoms with Gasteiger partial charge in [0.2, 0.25) is 0 Å². The van der Waals surface area contributed by atoms with Crippen molar-refractivity contribution in [3.05, 3.63) is 23.7 Å². The molecule has 1 aromatic heterocycles. The van der Waals surface area contributed by atoms with E-state index in [2.05, 4.69) is 20.8 Å². The Morgan fingerprint density at radius 1 is 1.40 bits per heavy atom. The summed E-state index contributed by atoms with van der Waals surface area (Å²) in [5.74, 6) is 0.591. The number of furan rings is 1. The van der Waals surface area contributed by atoms with E-state index in [-0.39, 0.29) is 0 Å². The van der Waals surface area contributed by atoms with Crippen molar-refractivity contribution in [2.75, 3.05) is 0 Å². The molecule has 1 aromatic rings. The van der Waals surface area contributed by atoms with Crippen LogP contribution in [0.5, 0.6) is 0 Å². The van der Waals surface area contributed by atoms with Gasteiger partial charge in [-0.25, -0.2) is 0 Å². The number of hydrogen-bond acceptors (Lipinski definition) is 1. The second kappa shape index (κ2) is 2.91. The van der Waals surface area contributed by atoms with Gasteiger partial charge in [0, 0.05) is 0 Å². The molecule has 0 bridgehead atoms. The number of hydrogen-bond donors (Lipinski definition) is 0. The molecular weight excluding hydrogens is 124 g/mol. The molecular formula is C9H14O. The lowest BCUT2D eigenvalue weighted by Gasteiger charge is -2.01. The number of aryl methyl sites for hydroxylation is 1. The Balaban J connectivity index is 2.90. The van der Waals surface area contributed by atoms with Crippen LogP contribution in [0.2, 0.25) is 0 Å². The van der Waals surface area contributed by atoms with Crippen molar-refractivity contribution >= 4 is 0 Å². The van der Waals surface area contributed by atoms with Crippen LogP contribution in [0.4, 0.5) is 0 Å². The zero-order valence-corrected chi connectivity index (χ0v) is 6.85. The summed E-state index contributed by atoms with van der Waals surface area (Å²) >= 11 is 0. The Morgan fingerprint density at radius 2 is 2.10 bits per heavy atom. The molecule has 0 atom stereocenters. The minimum Gasteiger partial charge on any atom is -0.472 e. The predicted molar refractivity (Wildman–Crippen MR) is 42.2 cm³/mol. The van der Waals surface area contributed by atoms with Crippen molar-refractivity contribution in [3.63, 3.8) is 0 Å². The average molecular weight is 138 g/mol. The van der Waals surface area contributed by atoms with Crippen LogP contribution >= 0.6 is 0 Å². The smallest absolute Gasteiger partial charge is 0.0940 e. The van der Waals surface area contributed by atoms with Crippen LogP contribution in [0, 0.1) is 0 Å². The van der Waals surface area contributed by atoms with Crippen LogP contribution in [-0.2, 0) is 6.42 Å². The van der Waals surface area contributed by atoms with Crippen LogP contribution in [0.3, 0.4) is 0 Å². The molecule has 1 nitrogen and oxygen atoms in total. The predicted octanol–water partition coefficient (Wildman–Crippen LogP) is 2.97. The fraction of sp³-hybridized carbons (Fsp3) is 0.556. The molecule has 0 fully saturated rings. The van der Waals surface area contributed by atoms with Gasteiger partial charge in [0.05, 0.1) is 12.5 Å². The molecule has 0 amide bonds. The third kappa shape index (κ3) is 1.23. The molecule has 0 aromatic carbocycles. The van der Waals surface area contributed by atoms with Gasteiger partial charge in [0.25, 0.3) is 0 Å². The standard InChI is InChI=1S/C9H14O/c1-4-8-5-10-6-9(8)7(2)3/h5-7H,4H2,1-3H3. The van der Waals surface area contributed by atoms with Gasteiger partial charge in [-0.1, -0.05) is 20.8 Å². The highest BCUT2D eigenvalue weighted by Crippen LogP contribution is 2.20. The van der Waals surface area contributed by atoms with Gasteiger partial charge in [-0.05, 0) is 23.5 Å². The van der Waals surface area contributed by atoms with Crippen LogP contribution in [0.1, 0.15) is 37.8 Å². The second-order valence-corrected chi connectivity index (χ2v) is 2.86. The van der Waals surface area contributed by atoms with Gasteiger partial charge < -0.3 is 4.42 Å². The maximum Gasteiger partial charge on any atom is 0.0940 e. The van der Waals surface area contributed by atoms with E-state index in [1.807, 2.05) is 12.5 Å². The van der Waals surface area contributed by atoms with E-state index in [9.17, 15) is 0 Å². The zero-order valence-electron chi connectivity index (χ0n) is 6.85. The fourth-order valence-electron chi connectivity index (χ4n) is 1.13. The highest BCUT2D eigenvalue weighted by atomic mass is 16.3. The first-order valence-corrected chi connectivity index (χ1v) is 3.80. The van der Waals surface area contributed by atoms with Gasteiger partial charge in [0.15, 0.2) is 0 Å². The molecule has 0 saturated heterocycles. The monoisotopic (exact) mass is 138 g/mol. The van der Waals surface area contributed by atoms with Crippen molar-refractivity contribution in [3.8, 4) is 0 Å². The SMILES string of the molecule is CCc1cocc1C(C)C. The van der Waals surface area contributed by atoms with Crippen LogP contribution < -0.4 is 0 Å². The maximum absolute atomic E-state index is 5.10. The summed E-state index contributed by atoms with van der Waals surface area (Å²) in [6.45, 7) is 6.52. The topological polar surface area (TPSA) is 13.1 Å². The summed E-state index contributed by atoms with van der Waals surface area (Å²) in [7, 11) is 0. The molecule has 0 aliphatic carbocycles. The molecule has 1 heterocycles. The van der Waals surface area contributed by atoms with Gasteiger partial charge in [-0.3, -0.25) is 0 Å². The fourth-order valence-corrected chi connectivity index (χ4v) is 1.13. The summed E-state index contributed by atoms with van der Waals surface area (Å²) < 4.78 is 5.10. The maximum atomic E-state index is 5.10. The Hall–Kier alpha value is -0.720. The molecule has 0 N–H and O–H groups in total. The van der Waals surface area contributed by atoms with Gasteiger partial charge in [-0.2, -0.15) is 0 Å². The molecule has 0 aliphatic rings. The van der Waals surface area contributed by atoms with Crippen molar-refractivity contribution < 1.29 is 4.42 Å². The van der Waals surface area contributed by atoms with Crippen molar-refractivity contribution in [1.82, 2.24) is 0 Å². The summed E-state index contributed by atoms with van der Waals surface area (Å²) in [6, 6.07) is 0. The summed E-state index contributed by atoms with van der Waals surface area (Å²) in [5, 5.41) is 0. The first-order chi connectivity index (χ1) is 4.75. The third-order valence-electron chi connectivity index (χ3n) is 1.78. The molecule has 10 heavy (non-hydrogen) atoms. The van der Waals surface area contributed by atoms with E-state index < -0.39 is 0 Å². The first-order valence-electron chi connectivity index (χ1n) is 3.80. The zero-order chi connectivity index (χ0) is 7.56. The Bertz CT molecular complexity index is 198. The lowest BCUT2D eigenvalue weighted by Crippen LogP contribution is -1.88. The molecule has 1 rings (SSSR count). The van der Waals surface area contributed by atoms with Crippen molar-refractivity contribution in [2.45, 2.75) is 33.1 Å². The lowest BCUT2D eigenvalue weighted by atomic mass is 10.0. The van der Waals surface area contributed by atoms with Crippen molar-refractivity contribution in [1.29, 1.82) is 0 Å². The summed E-state index contributed by atoms with van der Waals surface area (Å²) in [4.78, 5) is 0. The first kappa shape index (κ1) is 7.39. The number of rotatable bonds is 2. The minimum absolute atomic E-state index is 0.591. The van der Waals surface area contributed by atoms with E-state index in [1.54, 1.807) is 0 Å². The molecule has 1 heteroatoms. The Kier molecular flexibility index (Phi) is 2.15. The van der Waals surface area contributed by atoms with E-state index in [4.69, 9.17) is 4.42 Å². The molecule has 56 valence electrons. The third-order valence-corrected chi connectivity index (χ3v) is 1.78. The van der Waals surface area contributed by atoms with Gasteiger partial charge >= 0.3 is 0 Å². The summed E-state index contributed by atoms with van der Waals surface area (Å²) in [6.07, 6.45) is 4.77. The van der Waals surface area contributed by atoms with Crippen LogP contribution in [-0.4, -0.2) is 0 Å². The average Bonchev–Trinajstić information content (AvgIpc) is 2.33. The second-order valence-electron chi connectivity index (χ2n) is 2.86. The normalized spacial score (nSPS) is 10.8. The largest absolute Gasteiger partial charge is 0.472 e. The van der Waals surface area contributed by atoms with E-state index in [0.29, 0.717) is 5.92 Å². The molecule has 0 saturated carbocycles. The highest BCUT2D eigenvalue weighted by molar-refractivity contribution is 5.23. The highest BCUT2D eigenvalue weighted by Gasteiger charge is 2.05. The summed E-state index contributed by atoms with van der Waals surface area (Å²) in [5.41, 5.74) is 2.69. The molecule has 0 spiro atoms.